The summed E-state index contributed by atoms with van der Waals surface area (Å²) in [7, 11) is 1.61. The number of hydrogen-bond acceptors (Lipinski definition) is 5. The number of aromatic nitrogens is 2. The molecule has 0 atom stereocenters. The smallest absolute Gasteiger partial charge is 0.236 e. The van der Waals surface area contributed by atoms with Crippen molar-refractivity contribution in [3.05, 3.63) is 18.1 Å². The summed E-state index contributed by atoms with van der Waals surface area (Å²) in [5.74, 6) is 0.588. The Hall–Kier alpha value is -1.20. The summed E-state index contributed by atoms with van der Waals surface area (Å²) in [5.41, 5.74) is 6.44. The molecule has 0 bridgehead atoms. The van der Waals surface area contributed by atoms with Crippen LogP contribution in [0.4, 0.5) is 0 Å². The van der Waals surface area contributed by atoms with E-state index in [1.165, 1.54) is 0 Å². The van der Waals surface area contributed by atoms with Crippen LogP contribution in [0.3, 0.4) is 0 Å². The van der Waals surface area contributed by atoms with Gasteiger partial charge in [0.25, 0.3) is 0 Å². The van der Waals surface area contributed by atoms with Crippen molar-refractivity contribution in [1.29, 1.82) is 0 Å². The molecule has 0 unspecified atom stereocenters. The zero-order chi connectivity index (χ0) is 12.0. The Kier molecular flexibility index (Phi) is 5.14. The lowest BCUT2D eigenvalue weighted by Gasteiger charge is -2.25. The fraction of sp³-hybridized carbons (Fsp3) is 0.636. The topological polar surface area (TPSA) is 64.3 Å². The molecule has 0 aromatic carbocycles. The Labute approximate surface area is 96.6 Å². The van der Waals surface area contributed by atoms with E-state index < -0.39 is 0 Å². The zero-order valence-electron chi connectivity index (χ0n) is 10.2. The van der Waals surface area contributed by atoms with E-state index in [0.717, 1.165) is 12.2 Å². The minimum absolute atomic E-state index is 0.426. The molecule has 1 heterocycles. The van der Waals surface area contributed by atoms with Gasteiger partial charge >= 0.3 is 0 Å². The van der Waals surface area contributed by atoms with Crippen LogP contribution in [0.15, 0.2) is 12.4 Å². The number of rotatable bonds is 6. The zero-order valence-corrected chi connectivity index (χ0v) is 10.2. The minimum atomic E-state index is 0.426. The lowest BCUT2D eigenvalue weighted by Crippen LogP contribution is -2.35. The van der Waals surface area contributed by atoms with Gasteiger partial charge in [-0.2, -0.15) is 0 Å². The first-order chi connectivity index (χ1) is 7.69. The van der Waals surface area contributed by atoms with Crippen molar-refractivity contribution in [1.82, 2.24) is 14.9 Å². The second kappa shape index (κ2) is 6.40. The van der Waals surface area contributed by atoms with Gasteiger partial charge < -0.3 is 10.5 Å². The quantitative estimate of drug-likeness (QED) is 0.768. The molecule has 0 radical (unpaired) electrons. The highest BCUT2D eigenvalue weighted by atomic mass is 16.5. The van der Waals surface area contributed by atoms with E-state index in [1.54, 1.807) is 19.5 Å². The second-order valence-corrected chi connectivity index (χ2v) is 3.87. The maximum absolute atomic E-state index is 5.58. The highest BCUT2D eigenvalue weighted by molar-refractivity contribution is 5.16. The Bertz CT molecular complexity index is 317. The summed E-state index contributed by atoms with van der Waals surface area (Å²) in [6.07, 6.45) is 3.31. The van der Waals surface area contributed by atoms with Crippen molar-refractivity contribution < 1.29 is 4.74 Å². The number of nitrogens with two attached hydrogens (primary N) is 1. The third-order valence-electron chi connectivity index (χ3n) is 2.43. The fourth-order valence-corrected chi connectivity index (χ4v) is 1.51. The fourth-order valence-electron chi connectivity index (χ4n) is 1.51. The van der Waals surface area contributed by atoms with E-state index in [9.17, 15) is 0 Å². The molecule has 0 aliphatic carbocycles. The monoisotopic (exact) mass is 224 g/mol. The van der Waals surface area contributed by atoms with Gasteiger partial charge in [-0.3, -0.25) is 9.88 Å². The van der Waals surface area contributed by atoms with Crippen molar-refractivity contribution in [2.45, 2.75) is 26.4 Å². The predicted molar refractivity (Wildman–Crippen MR) is 63.2 cm³/mol. The van der Waals surface area contributed by atoms with E-state index in [4.69, 9.17) is 10.5 Å². The molecule has 0 aliphatic rings. The SMILES string of the molecule is COc1nccnc1CN(CCN)C(C)C. The largest absolute Gasteiger partial charge is 0.480 e. The molecule has 0 saturated heterocycles. The van der Waals surface area contributed by atoms with Crippen molar-refractivity contribution in [2.75, 3.05) is 20.2 Å². The lowest BCUT2D eigenvalue weighted by atomic mass is 10.3. The van der Waals surface area contributed by atoms with E-state index in [-0.39, 0.29) is 0 Å². The molecule has 5 heteroatoms. The van der Waals surface area contributed by atoms with Gasteiger partial charge in [0.1, 0.15) is 5.69 Å². The maximum Gasteiger partial charge on any atom is 0.236 e. The molecule has 90 valence electrons. The molecule has 0 aliphatic heterocycles. The lowest BCUT2D eigenvalue weighted by molar-refractivity contribution is 0.212. The molecule has 16 heavy (non-hydrogen) atoms. The first-order valence-corrected chi connectivity index (χ1v) is 5.47. The molecule has 0 spiro atoms. The summed E-state index contributed by atoms with van der Waals surface area (Å²) >= 11 is 0. The predicted octanol–water partition coefficient (Wildman–Crippen LogP) is 0.654. The van der Waals surface area contributed by atoms with E-state index in [0.29, 0.717) is 25.0 Å². The van der Waals surface area contributed by atoms with Gasteiger partial charge in [-0.1, -0.05) is 0 Å². The average Bonchev–Trinajstić information content (AvgIpc) is 2.29. The molecular formula is C11H20N4O. The van der Waals surface area contributed by atoms with Crippen molar-refractivity contribution in [3.63, 3.8) is 0 Å². The first kappa shape index (κ1) is 12.9. The van der Waals surface area contributed by atoms with Gasteiger partial charge in [-0.25, -0.2) is 4.98 Å². The van der Waals surface area contributed by atoms with Crippen LogP contribution < -0.4 is 10.5 Å². The number of hydrogen-bond donors (Lipinski definition) is 1. The van der Waals surface area contributed by atoms with Crippen LogP contribution >= 0.6 is 0 Å². The molecule has 1 aromatic heterocycles. The molecule has 2 N–H and O–H groups in total. The van der Waals surface area contributed by atoms with Gasteiger partial charge in [0.2, 0.25) is 5.88 Å². The normalized spacial score (nSPS) is 11.1. The van der Waals surface area contributed by atoms with Gasteiger partial charge in [-0.15, -0.1) is 0 Å². The first-order valence-electron chi connectivity index (χ1n) is 5.47. The van der Waals surface area contributed by atoms with Crippen LogP contribution in [0.5, 0.6) is 5.88 Å². The summed E-state index contributed by atoms with van der Waals surface area (Å²) in [4.78, 5) is 10.7. The van der Waals surface area contributed by atoms with Crippen molar-refractivity contribution in [2.24, 2.45) is 5.73 Å². The highest BCUT2D eigenvalue weighted by Crippen LogP contribution is 2.14. The Morgan fingerprint density at radius 1 is 1.38 bits per heavy atom. The summed E-state index contributed by atoms with van der Waals surface area (Å²) in [5, 5.41) is 0. The minimum Gasteiger partial charge on any atom is -0.480 e. The highest BCUT2D eigenvalue weighted by Gasteiger charge is 2.13. The molecule has 0 saturated carbocycles. The van der Waals surface area contributed by atoms with Crippen LogP contribution in [0.2, 0.25) is 0 Å². The standard InChI is InChI=1S/C11H20N4O/c1-9(2)15(7-4-12)8-10-11(16-3)14-6-5-13-10/h5-6,9H,4,7-8,12H2,1-3H3. The molecule has 0 amide bonds. The molecule has 1 rings (SSSR count). The number of ether oxygens (including phenoxy) is 1. The Morgan fingerprint density at radius 2 is 2.06 bits per heavy atom. The number of nitrogens with zero attached hydrogens (tertiary/aromatic N) is 3. The summed E-state index contributed by atoms with van der Waals surface area (Å²) < 4.78 is 5.17. The summed E-state index contributed by atoms with van der Waals surface area (Å²) in [6.45, 7) is 6.47. The Balaban J connectivity index is 2.76. The van der Waals surface area contributed by atoms with Crippen LogP contribution in [-0.2, 0) is 6.54 Å². The van der Waals surface area contributed by atoms with E-state index in [1.807, 2.05) is 0 Å². The maximum atomic E-state index is 5.58. The Morgan fingerprint density at radius 3 is 2.62 bits per heavy atom. The van der Waals surface area contributed by atoms with Crippen molar-refractivity contribution in [3.8, 4) is 5.88 Å². The second-order valence-electron chi connectivity index (χ2n) is 3.87. The van der Waals surface area contributed by atoms with Gasteiger partial charge in [0.05, 0.1) is 7.11 Å². The molecule has 0 fully saturated rings. The average molecular weight is 224 g/mol. The summed E-state index contributed by atoms with van der Waals surface area (Å²) in [6, 6.07) is 0.426. The molecular weight excluding hydrogens is 204 g/mol. The van der Waals surface area contributed by atoms with Crippen LogP contribution in [0.1, 0.15) is 19.5 Å². The van der Waals surface area contributed by atoms with Crippen LogP contribution in [0.25, 0.3) is 0 Å². The third kappa shape index (κ3) is 3.43. The van der Waals surface area contributed by atoms with Gasteiger partial charge in [0.15, 0.2) is 0 Å². The van der Waals surface area contributed by atoms with Gasteiger partial charge in [0, 0.05) is 38.1 Å². The van der Waals surface area contributed by atoms with E-state index >= 15 is 0 Å². The van der Waals surface area contributed by atoms with Gasteiger partial charge in [-0.05, 0) is 13.8 Å². The van der Waals surface area contributed by atoms with Crippen LogP contribution in [-0.4, -0.2) is 41.1 Å². The molecule has 5 nitrogen and oxygen atoms in total. The van der Waals surface area contributed by atoms with Crippen molar-refractivity contribution >= 4 is 0 Å². The van der Waals surface area contributed by atoms with E-state index in [2.05, 4.69) is 28.7 Å². The number of methoxy groups -OCH3 is 1. The molecule has 1 aromatic rings. The third-order valence-corrected chi connectivity index (χ3v) is 2.43. The van der Waals surface area contributed by atoms with Crippen LogP contribution in [0, 0.1) is 0 Å².